The van der Waals surface area contributed by atoms with Crippen LogP contribution >= 0.6 is 15.9 Å². The van der Waals surface area contributed by atoms with Crippen LogP contribution in [0, 0.1) is 0 Å². The lowest BCUT2D eigenvalue weighted by molar-refractivity contribution is -0.136. The van der Waals surface area contributed by atoms with Crippen molar-refractivity contribution in [3.63, 3.8) is 0 Å². The van der Waals surface area contributed by atoms with E-state index in [1.165, 1.54) is 0 Å². The zero-order valence-corrected chi connectivity index (χ0v) is 22.5. The molecule has 1 atom stereocenters. The number of aromatic nitrogens is 1. The summed E-state index contributed by atoms with van der Waals surface area (Å²) in [6.07, 6.45) is -1.05. The zero-order valence-electron chi connectivity index (χ0n) is 20.1. The monoisotopic (exact) mass is 596 g/mol. The fourth-order valence-electron chi connectivity index (χ4n) is 4.60. The summed E-state index contributed by atoms with van der Waals surface area (Å²) in [5, 5.41) is 3.35. The van der Waals surface area contributed by atoms with Gasteiger partial charge < -0.3 is 20.8 Å². The summed E-state index contributed by atoms with van der Waals surface area (Å²) in [4.78, 5) is 28.2. The van der Waals surface area contributed by atoms with Crippen molar-refractivity contribution < 1.29 is 22.7 Å². The number of fused-ring (bicyclic) bond motifs is 1. The van der Waals surface area contributed by atoms with Crippen LogP contribution in [0.2, 0.25) is 0 Å². The molecule has 1 aromatic heterocycles. The molecule has 11 heteroatoms. The number of nitrogens with one attached hydrogen (secondary N) is 2. The van der Waals surface area contributed by atoms with Gasteiger partial charge in [-0.15, -0.1) is 0 Å². The van der Waals surface area contributed by atoms with Crippen LogP contribution in [0.3, 0.4) is 0 Å². The van der Waals surface area contributed by atoms with Crippen molar-refractivity contribution in [1.82, 2.24) is 14.6 Å². The number of amides is 2. The molecule has 1 aliphatic rings. The highest BCUT2D eigenvalue weighted by Crippen LogP contribution is 2.32. The van der Waals surface area contributed by atoms with Gasteiger partial charge >= 0.3 is 0 Å². The van der Waals surface area contributed by atoms with Gasteiger partial charge in [-0.25, -0.2) is 8.42 Å². The summed E-state index contributed by atoms with van der Waals surface area (Å²) in [5.41, 5.74) is 7.53. The number of H-pyrrole nitrogens is 1. The molecule has 0 saturated carbocycles. The molecule has 1 saturated heterocycles. The van der Waals surface area contributed by atoms with Crippen LogP contribution in [-0.4, -0.2) is 55.3 Å². The number of rotatable bonds is 7. The molecule has 0 bridgehead atoms. The minimum absolute atomic E-state index is 0.0105. The van der Waals surface area contributed by atoms with Gasteiger partial charge in [0, 0.05) is 28.5 Å². The van der Waals surface area contributed by atoms with E-state index in [1.54, 1.807) is 18.2 Å². The minimum Gasteiger partial charge on any atom is -0.366 e. The number of primary amides is 1. The van der Waals surface area contributed by atoms with Crippen molar-refractivity contribution in [2.45, 2.75) is 17.0 Å². The van der Waals surface area contributed by atoms with Gasteiger partial charge in [0.2, 0.25) is 10.0 Å². The van der Waals surface area contributed by atoms with Gasteiger partial charge in [-0.05, 0) is 29.3 Å². The van der Waals surface area contributed by atoms with E-state index in [4.69, 9.17) is 10.5 Å². The highest BCUT2D eigenvalue weighted by Gasteiger charge is 2.38. The molecule has 38 heavy (non-hydrogen) atoms. The van der Waals surface area contributed by atoms with E-state index < -0.39 is 34.0 Å². The summed E-state index contributed by atoms with van der Waals surface area (Å²) in [7, 11) is -4.22. The first kappa shape index (κ1) is 26.1. The molecule has 0 radical (unpaired) electrons. The van der Waals surface area contributed by atoms with Crippen LogP contribution < -0.4 is 11.1 Å². The second kappa shape index (κ2) is 10.7. The van der Waals surface area contributed by atoms with E-state index in [9.17, 15) is 18.0 Å². The minimum atomic E-state index is -4.22. The van der Waals surface area contributed by atoms with E-state index >= 15 is 0 Å². The molecule has 2 amide bonds. The number of morpholine rings is 1. The predicted octanol–water partition coefficient (Wildman–Crippen LogP) is 3.32. The number of benzene rings is 3. The number of ether oxygens (including phenoxy) is 1. The van der Waals surface area contributed by atoms with Gasteiger partial charge in [-0.1, -0.05) is 76.6 Å². The number of aromatic amines is 1. The maximum absolute atomic E-state index is 13.8. The molecule has 3 aromatic carbocycles. The van der Waals surface area contributed by atoms with Crippen LogP contribution in [0.15, 0.2) is 88.2 Å². The highest BCUT2D eigenvalue weighted by atomic mass is 79.9. The molecular weight excluding hydrogens is 572 g/mol. The fourth-order valence-corrected chi connectivity index (χ4v) is 6.72. The maximum atomic E-state index is 13.8. The first-order valence-electron chi connectivity index (χ1n) is 11.9. The van der Waals surface area contributed by atoms with Crippen molar-refractivity contribution in [3.8, 4) is 0 Å². The van der Waals surface area contributed by atoms with Crippen molar-refractivity contribution in [2.75, 3.05) is 19.7 Å². The molecule has 4 aromatic rings. The number of hydrogen-bond acceptors (Lipinski definition) is 5. The molecule has 9 nitrogen and oxygen atoms in total. The number of carbonyl (C=O) groups is 2. The van der Waals surface area contributed by atoms with Crippen LogP contribution in [0.25, 0.3) is 10.9 Å². The lowest BCUT2D eigenvalue weighted by Crippen LogP contribution is -2.52. The third kappa shape index (κ3) is 5.10. The number of hydrogen-bond donors (Lipinski definition) is 3. The van der Waals surface area contributed by atoms with Crippen LogP contribution in [0.1, 0.15) is 27.7 Å². The van der Waals surface area contributed by atoms with Crippen molar-refractivity contribution in [1.29, 1.82) is 0 Å². The van der Waals surface area contributed by atoms with E-state index in [0.29, 0.717) is 15.4 Å². The Labute approximate surface area is 228 Å². The summed E-state index contributed by atoms with van der Waals surface area (Å²) in [6, 6.07) is 23.5. The van der Waals surface area contributed by atoms with Crippen LogP contribution in [0.4, 0.5) is 0 Å². The Morgan fingerprint density at radius 3 is 2.26 bits per heavy atom. The largest absolute Gasteiger partial charge is 0.366 e. The summed E-state index contributed by atoms with van der Waals surface area (Å²) in [6.45, 7) is -0.189. The van der Waals surface area contributed by atoms with Crippen LogP contribution in [0.5, 0.6) is 0 Å². The lowest BCUT2D eigenvalue weighted by Gasteiger charge is -2.32. The van der Waals surface area contributed by atoms with Gasteiger partial charge in [0.1, 0.15) is 16.7 Å². The number of nitrogens with zero attached hydrogens (tertiary/aromatic N) is 1. The van der Waals surface area contributed by atoms with E-state index in [1.807, 2.05) is 60.7 Å². The molecule has 4 N–H and O–H groups in total. The first-order chi connectivity index (χ1) is 18.3. The molecule has 5 rings (SSSR count). The number of halogens is 1. The van der Waals surface area contributed by atoms with Crippen molar-refractivity contribution in [2.24, 2.45) is 5.73 Å². The molecule has 1 aliphatic heterocycles. The second-order valence-corrected chi connectivity index (χ2v) is 11.7. The van der Waals surface area contributed by atoms with Crippen molar-refractivity contribution >= 4 is 48.7 Å². The first-order valence-corrected chi connectivity index (χ1v) is 14.1. The Hall–Kier alpha value is -3.51. The SMILES string of the molecule is NC(=O)c1[nH]c2ccc(Br)cc2c1S(=O)(=O)N1CCOC(C(=O)NC(c2ccccc2)c2ccccc2)C1. The maximum Gasteiger partial charge on any atom is 0.266 e. The average Bonchev–Trinajstić information content (AvgIpc) is 3.32. The third-order valence-corrected chi connectivity index (χ3v) is 8.88. The van der Waals surface area contributed by atoms with Gasteiger partial charge in [-0.3, -0.25) is 9.59 Å². The van der Waals surface area contributed by atoms with Gasteiger partial charge in [0.25, 0.3) is 11.8 Å². The Morgan fingerprint density at radius 2 is 1.66 bits per heavy atom. The Morgan fingerprint density at radius 1 is 1.03 bits per heavy atom. The fraction of sp³-hybridized carbons (Fsp3) is 0.185. The molecule has 0 aliphatic carbocycles. The smallest absolute Gasteiger partial charge is 0.266 e. The van der Waals surface area contributed by atoms with Gasteiger partial charge in [0.05, 0.1) is 12.6 Å². The standard InChI is InChI=1S/C27H25BrN4O5S/c28-19-11-12-21-20(15-19)25(24(30-21)26(29)33)38(35,36)32-13-14-37-22(16-32)27(34)31-23(17-7-3-1-4-8-17)18-9-5-2-6-10-18/h1-12,15,22-23,30H,13-14,16H2,(H2,29,33)(H,31,34). The summed E-state index contributed by atoms with van der Waals surface area (Å²) in [5.74, 6) is -1.34. The quantitative estimate of drug-likeness (QED) is 0.301. The van der Waals surface area contributed by atoms with E-state index in [-0.39, 0.29) is 30.3 Å². The van der Waals surface area contributed by atoms with E-state index in [2.05, 4.69) is 26.2 Å². The normalized spacial score (nSPS) is 16.5. The summed E-state index contributed by atoms with van der Waals surface area (Å²) < 4.78 is 35.2. The third-order valence-electron chi connectivity index (χ3n) is 6.43. The highest BCUT2D eigenvalue weighted by molar-refractivity contribution is 9.10. The Bertz CT molecular complexity index is 1550. The van der Waals surface area contributed by atoms with E-state index in [0.717, 1.165) is 15.4 Å². The number of carbonyl (C=O) groups excluding carboxylic acids is 2. The average molecular weight is 597 g/mol. The van der Waals surface area contributed by atoms with Crippen LogP contribution in [-0.2, 0) is 19.6 Å². The molecule has 1 fully saturated rings. The lowest BCUT2D eigenvalue weighted by atomic mass is 9.98. The van der Waals surface area contributed by atoms with Gasteiger partial charge in [-0.2, -0.15) is 4.31 Å². The molecule has 0 spiro atoms. The molecule has 196 valence electrons. The molecule has 1 unspecified atom stereocenters. The molecule has 2 heterocycles. The number of sulfonamides is 1. The topological polar surface area (TPSA) is 135 Å². The van der Waals surface area contributed by atoms with Gasteiger partial charge in [0.15, 0.2) is 0 Å². The zero-order chi connectivity index (χ0) is 26.9. The number of nitrogens with two attached hydrogens (primary N) is 1. The Kier molecular flexibility index (Phi) is 7.35. The molecular formula is C27H25BrN4O5S. The predicted molar refractivity (Wildman–Crippen MR) is 146 cm³/mol. The second-order valence-electron chi connectivity index (χ2n) is 8.87. The van der Waals surface area contributed by atoms with Crippen molar-refractivity contribution in [3.05, 3.63) is 100 Å². The Balaban J connectivity index is 1.43. The summed E-state index contributed by atoms with van der Waals surface area (Å²) >= 11 is 3.35.